The summed E-state index contributed by atoms with van der Waals surface area (Å²) >= 11 is 0. The van der Waals surface area contributed by atoms with Crippen molar-refractivity contribution in [1.82, 2.24) is 5.06 Å². The van der Waals surface area contributed by atoms with E-state index < -0.39 is 29.9 Å². The van der Waals surface area contributed by atoms with Crippen LogP contribution in [0, 0.1) is 18.3 Å². The number of nitrogens with one attached hydrogen (secondary N) is 1. The molecule has 0 amide bonds. The largest absolute Gasteiger partial charge is 0.493 e. The molecule has 2 heterocycles. The molecule has 2 aliphatic rings. The molecule has 1 saturated heterocycles. The quantitative estimate of drug-likeness (QED) is 0.191. The maximum absolute atomic E-state index is 13.9. The Balaban J connectivity index is 1.36. The number of rotatable bonds is 10. The van der Waals surface area contributed by atoms with Crippen molar-refractivity contribution in [2.45, 2.75) is 30.1 Å². The molecular weight excluding hydrogens is 600 g/mol. The Hall–Kier alpha value is -4.21. The second kappa shape index (κ2) is 12.2. The van der Waals surface area contributed by atoms with Gasteiger partial charge in [0.1, 0.15) is 21.3 Å². The van der Waals surface area contributed by atoms with Crippen molar-refractivity contribution in [3.63, 3.8) is 0 Å². The highest BCUT2D eigenvalue weighted by molar-refractivity contribution is 7.94. The lowest BCUT2D eigenvalue weighted by atomic mass is 10.1. The molecule has 230 valence electrons. The zero-order valence-corrected chi connectivity index (χ0v) is 25.2. The summed E-state index contributed by atoms with van der Waals surface area (Å²) in [4.78, 5) is 4.51. The first-order valence-corrected chi connectivity index (χ1v) is 16.3. The molecule has 13 nitrogen and oxygen atoms in total. The third-order valence-electron chi connectivity index (χ3n) is 6.81. The van der Waals surface area contributed by atoms with Crippen LogP contribution >= 0.6 is 0 Å². The van der Waals surface area contributed by atoms with E-state index in [-0.39, 0.29) is 43.3 Å². The standard InChI is InChI=1S/C28H32N4O9S2/c1-3-32(21-8-9-24-25(14-21)39-18-38-24)42(33,34)26-6-4-5-7-27(26)43(35,36)41-23-13-19(2)12-22(15-23)37-16-20-10-11-31(28(29)30)40-17-20/h4-9,12-15,20H,3,10-11,16-18H2,1-2H3,(H3,29,30). The Morgan fingerprint density at radius 3 is 2.44 bits per heavy atom. The van der Waals surface area contributed by atoms with Crippen LogP contribution in [0.4, 0.5) is 5.69 Å². The predicted octanol–water partition coefficient (Wildman–Crippen LogP) is 3.23. The molecule has 0 aliphatic carbocycles. The van der Waals surface area contributed by atoms with E-state index >= 15 is 0 Å². The van der Waals surface area contributed by atoms with Gasteiger partial charge in [0.25, 0.3) is 10.0 Å². The predicted molar refractivity (Wildman–Crippen MR) is 156 cm³/mol. The SMILES string of the molecule is CCN(c1ccc2c(c1)OCO2)S(=O)(=O)c1ccccc1S(=O)(=O)Oc1cc(C)cc(OCC2CCN(C(=N)N)OC2)c1. The molecule has 5 rings (SSSR count). The van der Waals surface area contributed by atoms with E-state index in [0.29, 0.717) is 42.4 Å². The van der Waals surface area contributed by atoms with Crippen LogP contribution in [0.25, 0.3) is 0 Å². The maximum Gasteiger partial charge on any atom is 0.340 e. The minimum absolute atomic E-state index is 0.0224. The normalized spacial score (nSPS) is 16.5. The summed E-state index contributed by atoms with van der Waals surface area (Å²) in [5, 5.41) is 8.77. The molecule has 1 atom stereocenters. The second-order valence-electron chi connectivity index (χ2n) is 9.92. The molecule has 3 N–H and O–H groups in total. The van der Waals surface area contributed by atoms with Gasteiger partial charge in [-0.3, -0.25) is 14.6 Å². The number of anilines is 1. The zero-order valence-electron chi connectivity index (χ0n) is 23.6. The topological polar surface area (TPSA) is 171 Å². The van der Waals surface area contributed by atoms with Gasteiger partial charge in [0.05, 0.1) is 18.9 Å². The first-order chi connectivity index (χ1) is 20.5. The lowest BCUT2D eigenvalue weighted by Gasteiger charge is -2.31. The molecule has 43 heavy (non-hydrogen) atoms. The van der Waals surface area contributed by atoms with E-state index in [9.17, 15) is 16.8 Å². The van der Waals surface area contributed by atoms with E-state index in [2.05, 4.69) is 0 Å². The van der Waals surface area contributed by atoms with Gasteiger partial charge in [-0.15, -0.1) is 0 Å². The fourth-order valence-electron chi connectivity index (χ4n) is 4.72. The monoisotopic (exact) mass is 632 g/mol. The summed E-state index contributed by atoms with van der Waals surface area (Å²) in [6, 6.07) is 14.7. The van der Waals surface area contributed by atoms with Crippen molar-refractivity contribution >= 4 is 31.8 Å². The molecule has 1 fully saturated rings. The van der Waals surface area contributed by atoms with E-state index in [4.69, 9.17) is 34.4 Å². The third-order valence-corrected chi connectivity index (χ3v) is 10.2. The van der Waals surface area contributed by atoms with E-state index in [1.807, 2.05) is 0 Å². The van der Waals surface area contributed by atoms with Crippen molar-refractivity contribution in [1.29, 1.82) is 5.41 Å². The Morgan fingerprint density at radius 1 is 1.02 bits per heavy atom. The summed E-state index contributed by atoms with van der Waals surface area (Å²) in [5.41, 5.74) is 6.41. The summed E-state index contributed by atoms with van der Waals surface area (Å²) in [6.45, 7) is 4.50. The summed E-state index contributed by atoms with van der Waals surface area (Å²) in [6.07, 6.45) is 0.690. The number of hydrogen-bond acceptors (Lipinski definition) is 10. The van der Waals surface area contributed by atoms with Crippen LogP contribution in [0.15, 0.2) is 70.5 Å². The van der Waals surface area contributed by atoms with E-state index in [0.717, 1.165) is 4.31 Å². The minimum atomic E-state index is -4.61. The van der Waals surface area contributed by atoms with Crippen molar-refractivity contribution in [3.05, 3.63) is 66.2 Å². The van der Waals surface area contributed by atoms with Crippen molar-refractivity contribution in [2.24, 2.45) is 11.7 Å². The molecule has 0 radical (unpaired) electrons. The molecule has 0 spiro atoms. The summed E-state index contributed by atoms with van der Waals surface area (Å²) in [5.74, 6) is 1.09. The van der Waals surface area contributed by atoms with Gasteiger partial charge >= 0.3 is 10.1 Å². The molecular formula is C28H32N4O9S2. The van der Waals surface area contributed by atoms with E-state index in [1.54, 1.807) is 32.0 Å². The lowest BCUT2D eigenvalue weighted by molar-refractivity contribution is -0.149. The number of hydrogen-bond donors (Lipinski definition) is 2. The first-order valence-electron chi connectivity index (χ1n) is 13.4. The Morgan fingerprint density at radius 2 is 1.74 bits per heavy atom. The van der Waals surface area contributed by atoms with Gasteiger partial charge in [0.2, 0.25) is 12.8 Å². The molecule has 2 aliphatic heterocycles. The van der Waals surface area contributed by atoms with Crippen LogP contribution in [0.1, 0.15) is 18.9 Å². The average molecular weight is 633 g/mol. The van der Waals surface area contributed by atoms with Crippen molar-refractivity contribution in [2.75, 3.05) is 37.4 Å². The molecule has 3 aromatic carbocycles. The second-order valence-corrected chi connectivity index (χ2v) is 13.3. The van der Waals surface area contributed by atoms with Gasteiger partial charge in [-0.05, 0) is 62.2 Å². The fraction of sp³-hybridized carbons (Fsp3) is 0.321. The number of guanidine groups is 1. The molecule has 3 aromatic rings. The molecule has 0 bridgehead atoms. The smallest absolute Gasteiger partial charge is 0.340 e. The Labute approximate surface area is 250 Å². The molecule has 1 unspecified atom stereocenters. The Kier molecular flexibility index (Phi) is 8.57. The first kappa shape index (κ1) is 30.3. The average Bonchev–Trinajstić information content (AvgIpc) is 3.44. The molecule has 15 heteroatoms. The number of ether oxygens (including phenoxy) is 3. The molecule has 0 aromatic heterocycles. The van der Waals surface area contributed by atoms with Crippen LogP contribution in [-0.4, -0.2) is 61.0 Å². The Bertz CT molecular complexity index is 1720. The van der Waals surface area contributed by atoms with Gasteiger partial charge in [0, 0.05) is 31.1 Å². The lowest BCUT2D eigenvalue weighted by Crippen LogP contribution is -2.43. The molecule has 0 saturated carbocycles. The zero-order chi connectivity index (χ0) is 30.8. The van der Waals surface area contributed by atoms with Crippen LogP contribution in [0.3, 0.4) is 0 Å². The van der Waals surface area contributed by atoms with Crippen molar-refractivity contribution in [3.8, 4) is 23.0 Å². The number of aryl methyl sites for hydroxylation is 1. The van der Waals surface area contributed by atoms with Crippen LogP contribution in [0.2, 0.25) is 0 Å². The van der Waals surface area contributed by atoms with Crippen LogP contribution in [0.5, 0.6) is 23.0 Å². The van der Waals surface area contributed by atoms with E-state index in [1.165, 1.54) is 47.5 Å². The van der Waals surface area contributed by atoms with Gasteiger partial charge in [-0.2, -0.15) is 8.42 Å². The number of nitrogens with two attached hydrogens (primary N) is 1. The number of nitrogens with zero attached hydrogens (tertiary/aromatic N) is 2. The number of sulfonamides is 1. The number of fused-ring (bicyclic) bond motifs is 1. The van der Waals surface area contributed by atoms with Gasteiger partial charge in [0.15, 0.2) is 11.5 Å². The highest BCUT2D eigenvalue weighted by Gasteiger charge is 2.33. The van der Waals surface area contributed by atoms with Crippen LogP contribution in [-0.2, 0) is 25.0 Å². The highest BCUT2D eigenvalue weighted by Crippen LogP contribution is 2.38. The van der Waals surface area contributed by atoms with Gasteiger partial charge < -0.3 is 24.1 Å². The minimum Gasteiger partial charge on any atom is -0.493 e. The van der Waals surface area contributed by atoms with Gasteiger partial charge in [-0.1, -0.05) is 12.1 Å². The van der Waals surface area contributed by atoms with Crippen molar-refractivity contribution < 1.29 is 40.1 Å². The summed E-state index contributed by atoms with van der Waals surface area (Å²) in [7, 11) is -8.97. The number of hydroxylamine groups is 2. The highest BCUT2D eigenvalue weighted by atomic mass is 32.2. The number of benzene rings is 3. The fourth-order valence-corrected chi connectivity index (χ4v) is 7.88. The summed E-state index contributed by atoms with van der Waals surface area (Å²) < 4.78 is 78.0. The van der Waals surface area contributed by atoms with Gasteiger partial charge in [-0.25, -0.2) is 13.5 Å². The maximum atomic E-state index is 13.9. The van der Waals surface area contributed by atoms with Crippen LogP contribution < -0.4 is 28.4 Å². The third kappa shape index (κ3) is 6.58.